The van der Waals surface area contributed by atoms with Crippen LogP contribution in [0.3, 0.4) is 0 Å². The maximum Gasteiger partial charge on any atom is 0.0751 e. The van der Waals surface area contributed by atoms with Crippen molar-refractivity contribution < 1.29 is 5.11 Å². The van der Waals surface area contributed by atoms with Crippen LogP contribution >= 0.6 is 0 Å². The minimum Gasteiger partial charge on any atom is -0.391 e. The number of rotatable bonds is 5. The van der Waals surface area contributed by atoms with Gasteiger partial charge in [-0.2, -0.15) is 0 Å². The average molecular weight is 258 g/mol. The molecule has 0 bridgehead atoms. The quantitative estimate of drug-likeness (QED) is 0.864. The Balaban J connectivity index is 2.20. The Kier molecular flexibility index (Phi) is 4.38. The number of hydrogen-bond acceptors (Lipinski definition) is 3. The van der Waals surface area contributed by atoms with E-state index in [1.807, 2.05) is 18.3 Å². The minimum absolute atomic E-state index is 0.308. The van der Waals surface area contributed by atoms with Crippen molar-refractivity contribution in [3.8, 4) is 0 Å². The normalized spacial score (nSPS) is 14.3. The van der Waals surface area contributed by atoms with Crippen molar-refractivity contribution in [3.63, 3.8) is 0 Å². The fourth-order valence-corrected chi connectivity index (χ4v) is 2.17. The van der Waals surface area contributed by atoms with E-state index in [2.05, 4.69) is 43.2 Å². The van der Waals surface area contributed by atoms with Crippen LogP contribution in [0.5, 0.6) is 0 Å². The molecule has 0 fully saturated rings. The molecule has 2 aromatic rings. The van der Waals surface area contributed by atoms with Crippen molar-refractivity contribution in [1.29, 1.82) is 0 Å². The zero-order valence-electron chi connectivity index (χ0n) is 11.9. The van der Waals surface area contributed by atoms with Crippen molar-refractivity contribution in [1.82, 2.24) is 4.98 Å². The molecule has 102 valence electrons. The number of aryl methyl sites for hydroxylation is 1. The summed E-state index contributed by atoms with van der Waals surface area (Å²) in [5, 5.41) is 14.5. The number of hydrogen-bond donors (Lipinski definition) is 2. The van der Waals surface area contributed by atoms with E-state index in [0.29, 0.717) is 12.5 Å². The lowest BCUT2D eigenvalue weighted by molar-refractivity contribution is 0.126. The van der Waals surface area contributed by atoms with Gasteiger partial charge in [0.2, 0.25) is 0 Å². The van der Waals surface area contributed by atoms with Crippen LogP contribution in [0.2, 0.25) is 0 Å². The molecule has 0 saturated carbocycles. The van der Waals surface area contributed by atoms with Gasteiger partial charge in [-0.3, -0.25) is 4.98 Å². The number of nitrogens with one attached hydrogen (secondary N) is 1. The number of fused-ring (bicyclic) bond motifs is 1. The second-order valence-electron chi connectivity index (χ2n) is 5.16. The van der Waals surface area contributed by atoms with Gasteiger partial charge in [0.25, 0.3) is 0 Å². The second-order valence-corrected chi connectivity index (χ2v) is 5.16. The van der Waals surface area contributed by atoms with Crippen molar-refractivity contribution >= 4 is 16.6 Å². The lowest BCUT2D eigenvalue weighted by Gasteiger charge is -2.19. The molecule has 3 heteroatoms. The third-order valence-electron chi connectivity index (χ3n) is 3.78. The highest BCUT2D eigenvalue weighted by Crippen LogP contribution is 2.24. The van der Waals surface area contributed by atoms with Crippen molar-refractivity contribution in [3.05, 3.63) is 36.0 Å². The molecule has 0 saturated heterocycles. The number of para-hydroxylation sites is 1. The molecule has 0 amide bonds. The molecule has 2 N–H and O–H groups in total. The molecule has 3 nitrogen and oxygen atoms in total. The predicted octanol–water partition coefficient (Wildman–Crippen LogP) is 3.36. The fourth-order valence-electron chi connectivity index (χ4n) is 2.17. The highest BCUT2D eigenvalue weighted by molar-refractivity contribution is 5.92. The van der Waals surface area contributed by atoms with Crippen LogP contribution in [0.15, 0.2) is 30.5 Å². The fraction of sp³-hybridized carbons (Fsp3) is 0.438. The molecule has 1 aromatic heterocycles. The van der Waals surface area contributed by atoms with Gasteiger partial charge in [0.15, 0.2) is 0 Å². The van der Waals surface area contributed by atoms with Gasteiger partial charge in [-0.1, -0.05) is 38.5 Å². The summed E-state index contributed by atoms with van der Waals surface area (Å²) < 4.78 is 0. The van der Waals surface area contributed by atoms with Crippen LogP contribution in [0.4, 0.5) is 5.69 Å². The number of aromatic nitrogens is 1. The van der Waals surface area contributed by atoms with E-state index in [4.69, 9.17) is 0 Å². The van der Waals surface area contributed by atoms with E-state index in [0.717, 1.165) is 23.0 Å². The van der Waals surface area contributed by atoms with Crippen molar-refractivity contribution in [2.24, 2.45) is 5.92 Å². The summed E-state index contributed by atoms with van der Waals surface area (Å²) in [5.74, 6) is 0.308. The molecule has 1 aromatic carbocycles. The summed E-state index contributed by atoms with van der Waals surface area (Å²) in [6.45, 7) is 6.80. The maximum atomic E-state index is 10.0. The first-order valence-corrected chi connectivity index (χ1v) is 6.89. The third-order valence-corrected chi connectivity index (χ3v) is 3.78. The Morgan fingerprint density at radius 3 is 2.84 bits per heavy atom. The minimum atomic E-state index is -0.321. The molecular formula is C16H22N2O. The van der Waals surface area contributed by atoms with Crippen molar-refractivity contribution in [2.45, 2.75) is 33.3 Å². The molecule has 0 aliphatic rings. The smallest absolute Gasteiger partial charge is 0.0751 e. The van der Waals surface area contributed by atoms with Crippen molar-refractivity contribution in [2.75, 3.05) is 11.9 Å². The Bertz CT molecular complexity index is 553. The molecule has 1 heterocycles. The Labute approximate surface area is 114 Å². The Morgan fingerprint density at radius 1 is 1.32 bits per heavy atom. The van der Waals surface area contributed by atoms with Crippen LogP contribution in [0, 0.1) is 12.8 Å². The number of aliphatic hydroxyl groups excluding tert-OH is 1. The second kappa shape index (κ2) is 6.02. The van der Waals surface area contributed by atoms with E-state index in [1.165, 1.54) is 5.56 Å². The standard InChI is InChI=1S/C16H22N2O/c1-4-11(2)15(19)10-18-14-8-9-17-16-12(3)6-5-7-13(14)16/h5-9,11,15,19H,4,10H2,1-3H3,(H,17,18). The van der Waals surface area contributed by atoms with Gasteiger partial charge < -0.3 is 10.4 Å². The summed E-state index contributed by atoms with van der Waals surface area (Å²) in [6.07, 6.45) is 2.48. The molecule has 0 spiro atoms. The summed E-state index contributed by atoms with van der Waals surface area (Å²) in [5.41, 5.74) is 3.23. The van der Waals surface area contributed by atoms with Gasteiger partial charge in [-0.05, 0) is 24.5 Å². The first-order chi connectivity index (χ1) is 9.13. The highest BCUT2D eigenvalue weighted by atomic mass is 16.3. The third kappa shape index (κ3) is 3.04. The predicted molar refractivity (Wildman–Crippen MR) is 80.4 cm³/mol. The SMILES string of the molecule is CCC(C)C(O)CNc1ccnc2c(C)cccc12. The molecule has 2 atom stereocenters. The van der Waals surface area contributed by atoms with Gasteiger partial charge in [0, 0.05) is 23.8 Å². The molecule has 2 unspecified atom stereocenters. The molecule has 0 radical (unpaired) electrons. The van der Waals surface area contributed by atoms with E-state index >= 15 is 0 Å². The lowest BCUT2D eigenvalue weighted by Crippen LogP contribution is -2.26. The number of pyridine rings is 1. The van der Waals surface area contributed by atoms with Crippen LogP contribution < -0.4 is 5.32 Å². The largest absolute Gasteiger partial charge is 0.391 e. The average Bonchev–Trinajstić information content (AvgIpc) is 2.44. The maximum absolute atomic E-state index is 10.0. The van der Waals surface area contributed by atoms with Gasteiger partial charge >= 0.3 is 0 Å². The van der Waals surface area contributed by atoms with Crippen LogP contribution in [0.1, 0.15) is 25.8 Å². The van der Waals surface area contributed by atoms with Crippen LogP contribution in [-0.4, -0.2) is 22.7 Å². The highest BCUT2D eigenvalue weighted by Gasteiger charge is 2.12. The number of benzene rings is 1. The Morgan fingerprint density at radius 2 is 2.11 bits per heavy atom. The number of aliphatic hydroxyl groups is 1. The van der Waals surface area contributed by atoms with Gasteiger partial charge in [-0.15, -0.1) is 0 Å². The Hall–Kier alpha value is -1.61. The topological polar surface area (TPSA) is 45.1 Å². The monoisotopic (exact) mass is 258 g/mol. The van der Waals surface area contributed by atoms with Gasteiger partial charge in [0.05, 0.1) is 11.6 Å². The van der Waals surface area contributed by atoms with E-state index < -0.39 is 0 Å². The summed E-state index contributed by atoms with van der Waals surface area (Å²) in [7, 11) is 0. The molecule has 0 aliphatic heterocycles. The zero-order chi connectivity index (χ0) is 13.8. The number of nitrogens with zero attached hydrogens (tertiary/aromatic N) is 1. The summed E-state index contributed by atoms with van der Waals surface area (Å²) in [6, 6.07) is 8.13. The summed E-state index contributed by atoms with van der Waals surface area (Å²) in [4.78, 5) is 4.42. The van der Waals surface area contributed by atoms with E-state index in [1.54, 1.807) is 0 Å². The van der Waals surface area contributed by atoms with E-state index in [9.17, 15) is 5.11 Å². The molecule has 2 rings (SSSR count). The van der Waals surface area contributed by atoms with Gasteiger partial charge in [-0.25, -0.2) is 0 Å². The lowest BCUT2D eigenvalue weighted by atomic mass is 10.0. The molecule has 0 aliphatic carbocycles. The molecular weight excluding hydrogens is 236 g/mol. The van der Waals surface area contributed by atoms with E-state index in [-0.39, 0.29) is 6.10 Å². The van der Waals surface area contributed by atoms with Crippen LogP contribution in [0.25, 0.3) is 10.9 Å². The molecule has 19 heavy (non-hydrogen) atoms. The first kappa shape index (κ1) is 13.8. The summed E-state index contributed by atoms with van der Waals surface area (Å²) >= 11 is 0. The van der Waals surface area contributed by atoms with Crippen LogP contribution in [-0.2, 0) is 0 Å². The number of anilines is 1. The zero-order valence-corrected chi connectivity index (χ0v) is 11.9. The first-order valence-electron chi connectivity index (χ1n) is 6.89. The van der Waals surface area contributed by atoms with Gasteiger partial charge in [0.1, 0.15) is 0 Å².